The third-order valence-electron chi connectivity index (χ3n) is 2.90. The van der Waals surface area contributed by atoms with Gasteiger partial charge < -0.3 is 5.32 Å². The highest BCUT2D eigenvalue weighted by atomic mass is 79.9. The molecule has 3 aromatic rings. The first kappa shape index (κ1) is 12.1. The molecule has 0 aliphatic rings. The second kappa shape index (κ2) is 5.36. The summed E-state index contributed by atoms with van der Waals surface area (Å²) in [6.07, 6.45) is 3.60. The molecule has 1 aromatic carbocycles. The third kappa shape index (κ3) is 2.74. The lowest BCUT2D eigenvalue weighted by Crippen LogP contribution is -2.02. The molecule has 94 valence electrons. The number of aromatic nitrogens is 2. The van der Waals surface area contributed by atoms with Gasteiger partial charge in [-0.15, -0.1) is 0 Å². The summed E-state index contributed by atoms with van der Waals surface area (Å²) in [4.78, 5) is 8.73. The molecule has 3 rings (SSSR count). The minimum Gasteiger partial charge on any atom is -0.366 e. The molecule has 0 saturated heterocycles. The van der Waals surface area contributed by atoms with E-state index in [0.717, 1.165) is 21.2 Å². The number of hydrogen-bond donors (Lipinski definition) is 1. The monoisotopic (exact) mass is 313 g/mol. The highest BCUT2D eigenvalue weighted by molar-refractivity contribution is 9.10. The molecule has 2 heterocycles. The first-order valence-electron chi connectivity index (χ1n) is 6.01. The van der Waals surface area contributed by atoms with Gasteiger partial charge >= 0.3 is 0 Å². The number of halogens is 1. The Balaban J connectivity index is 1.84. The molecule has 4 heteroatoms. The van der Waals surface area contributed by atoms with Crippen LogP contribution in [0.4, 0.5) is 5.82 Å². The van der Waals surface area contributed by atoms with Crippen LogP contribution in [0.1, 0.15) is 5.56 Å². The predicted molar refractivity (Wildman–Crippen MR) is 81.0 cm³/mol. The Labute approximate surface area is 119 Å². The molecule has 2 aromatic heterocycles. The van der Waals surface area contributed by atoms with Crippen molar-refractivity contribution >= 4 is 32.7 Å². The highest BCUT2D eigenvalue weighted by Crippen LogP contribution is 2.17. The van der Waals surface area contributed by atoms with E-state index in [4.69, 9.17) is 0 Å². The van der Waals surface area contributed by atoms with Crippen molar-refractivity contribution in [2.45, 2.75) is 6.54 Å². The van der Waals surface area contributed by atoms with Gasteiger partial charge in [0.25, 0.3) is 0 Å². The maximum atomic E-state index is 4.44. The zero-order chi connectivity index (χ0) is 13.1. The lowest BCUT2D eigenvalue weighted by molar-refractivity contribution is 1.11. The summed E-state index contributed by atoms with van der Waals surface area (Å²) >= 11 is 3.37. The van der Waals surface area contributed by atoms with Gasteiger partial charge in [-0.2, -0.15) is 0 Å². The van der Waals surface area contributed by atoms with Crippen molar-refractivity contribution in [3.63, 3.8) is 0 Å². The second-order valence-corrected chi connectivity index (χ2v) is 5.12. The van der Waals surface area contributed by atoms with E-state index < -0.39 is 0 Å². The molecule has 1 N–H and O–H groups in total. The van der Waals surface area contributed by atoms with Crippen LogP contribution in [0, 0.1) is 0 Å². The van der Waals surface area contributed by atoms with E-state index >= 15 is 0 Å². The standard InChI is InChI=1S/C15H12BrN3/c16-13-6-7-14(19-10-13)18-9-12-4-1-3-11-5-2-8-17-15(11)12/h1-8,10H,9H2,(H,18,19). The van der Waals surface area contributed by atoms with E-state index in [1.165, 1.54) is 5.56 Å². The van der Waals surface area contributed by atoms with Gasteiger partial charge in [0.05, 0.1) is 5.52 Å². The number of nitrogens with one attached hydrogen (secondary N) is 1. The SMILES string of the molecule is Brc1ccc(NCc2cccc3cccnc23)nc1. The molecule has 0 spiro atoms. The first-order chi connectivity index (χ1) is 9.33. The number of rotatable bonds is 3. The zero-order valence-electron chi connectivity index (χ0n) is 10.2. The van der Waals surface area contributed by atoms with Crippen LogP contribution in [0.15, 0.2) is 59.3 Å². The number of benzene rings is 1. The Morgan fingerprint density at radius 1 is 1.00 bits per heavy atom. The van der Waals surface area contributed by atoms with Crippen molar-refractivity contribution in [1.29, 1.82) is 0 Å². The average molecular weight is 314 g/mol. The fourth-order valence-electron chi connectivity index (χ4n) is 1.98. The van der Waals surface area contributed by atoms with Gasteiger partial charge in [-0.25, -0.2) is 4.98 Å². The van der Waals surface area contributed by atoms with Gasteiger partial charge in [-0.3, -0.25) is 4.98 Å². The summed E-state index contributed by atoms with van der Waals surface area (Å²) in [5, 5.41) is 4.47. The van der Waals surface area contributed by atoms with Crippen LogP contribution in [0.3, 0.4) is 0 Å². The molecule has 0 aliphatic carbocycles. The summed E-state index contributed by atoms with van der Waals surface area (Å²) in [7, 11) is 0. The van der Waals surface area contributed by atoms with Gasteiger partial charge in [0, 0.05) is 28.8 Å². The van der Waals surface area contributed by atoms with E-state index in [1.807, 2.05) is 24.4 Å². The van der Waals surface area contributed by atoms with Crippen LogP contribution in [-0.4, -0.2) is 9.97 Å². The molecule has 3 nitrogen and oxygen atoms in total. The Morgan fingerprint density at radius 2 is 1.89 bits per heavy atom. The van der Waals surface area contributed by atoms with Gasteiger partial charge in [0.2, 0.25) is 0 Å². The van der Waals surface area contributed by atoms with Crippen LogP contribution < -0.4 is 5.32 Å². The van der Waals surface area contributed by atoms with Crippen LogP contribution in [0.25, 0.3) is 10.9 Å². The van der Waals surface area contributed by atoms with Crippen molar-refractivity contribution in [2.24, 2.45) is 0 Å². The fourth-order valence-corrected chi connectivity index (χ4v) is 2.21. The summed E-state index contributed by atoms with van der Waals surface area (Å²) in [5.41, 5.74) is 2.21. The Hall–Kier alpha value is -1.94. The number of para-hydroxylation sites is 1. The molecule has 0 amide bonds. The van der Waals surface area contributed by atoms with E-state index in [0.29, 0.717) is 6.54 Å². The predicted octanol–water partition coefficient (Wildman–Crippen LogP) is 4.00. The van der Waals surface area contributed by atoms with Crippen LogP contribution >= 0.6 is 15.9 Å². The number of hydrogen-bond acceptors (Lipinski definition) is 3. The normalized spacial score (nSPS) is 10.6. The number of fused-ring (bicyclic) bond motifs is 1. The summed E-state index contributed by atoms with van der Waals surface area (Å²) in [6, 6.07) is 14.2. The topological polar surface area (TPSA) is 37.8 Å². The molecule has 19 heavy (non-hydrogen) atoms. The largest absolute Gasteiger partial charge is 0.366 e. The Kier molecular flexibility index (Phi) is 3.42. The van der Waals surface area contributed by atoms with Gasteiger partial charge in [-0.05, 0) is 39.7 Å². The smallest absolute Gasteiger partial charge is 0.126 e. The van der Waals surface area contributed by atoms with Gasteiger partial charge in [-0.1, -0.05) is 24.3 Å². The molecule has 0 unspecified atom stereocenters. The van der Waals surface area contributed by atoms with E-state index in [2.05, 4.69) is 55.5 Å². The van der Waals surface area contributed by atoms with Crippen molar-refractivity contribution in [1.82, 2.24) is 9.97 Å². The maximum Gasteiger partial charge on any atom is 0.126 e. The Morgan fingerprint density at radius 3 is 2.74 bits per heavy atom. The summed E-state index contributed by atoms with van der Waals surface area (Å²) < 4.78 is 0.977. The molecular formula is C15H12BrN3. The van der Waals surface area contributed by atoms with E-state index in [-0.39, 0.29) is 0 Å². The van der Waals surface area contributed by atoms with E-state index in [9.17, 15) is 0 Å². The second-order valence-electron chi connectivity index (χ2n) is 4.21. The van der Waals surface area contributed by atoms with Crippen LogP contribution in [-0.2, 0) is 6.54 Å². The summed E-state index contributed by atoms with van der Waals surface area (Å²) in [6.45, 7) is 0.711. The fraction of sp³-hybridized carbons (Fsp3) is 0.0667. The lowest BCUT2D eigenvalue weighted by Gasteiger charge is -2.08. The zero-order valence-corrected chi connectivity index (χ0v) is 11.8. The number of nitrogens with zero attached hydrogens (tertiary/aromatic N) is 2. The molecular weight excluding hydrogens is 302 g/mol. The third-order valence-corrected chi connectivity index (χ3v) is 3.37. The Bertz CT molecular complexity index is 690. The van der Waals surface area contributed by atoms with Crippen molar-refractivity contribution in [3.05, 3.63) is 64.9 Å². The van der Waals surface area contributed by atoms with Crippen molar-refractivity contribution in [2.75, 3.05) is 5.32 Å². The molecule has 0 radical (unpaired) electrons. The molecule has 0 aliphatic heterocycles. The lowest BCUT2D eigenvalue weighted by atomic mass is 10.1. The van der Waals surface area contributed by atoms with Crippen molar-refractivity contribution < 1.29 is 0 Å². The molecule has 0 saturated carbocycles. The van der Waals surface area contributed by atoms with Crippen LogP contribution in [0.2, 0.25) is 0 Å². The quantitative estimate of drug-likeness (QED) is 0.794. The first-order valence-corrected chi connectivity index (χ1v) is 6.80. The minimum atomic E-state index is 0.711. The molecule has 0 fully saturated rings. The van der Waals surface area contributed by atoms with Crippen LogP contribution in [0.5, 0.6) is 0 Å². The number of pyridine rings is 2. The van der Waals surface area contributed by atoms with Crippen molar-refractivity contribution in [3.8, 4) is 0 Å². The maximum absolute atomic E-state index is 4.44. The summed E-state index contributed by atoms with van der Waals surface area (Å²) in [5.74, 6) is 0.858. The van der Waals surface area contributed by atoms with Gasteiger partial charge in [0.1, 0.15) is 5.82 Å². The van der Waals surface area contributed by atoms with E-state index in [1.54, 1.807) is 6.20 Å². The molecule has 0 atom stereocenters. The highest BCUT2D eigenvalue weighted by Gasteiger charge is 2.01. The van der Waals surface area contributed by atoms with Gasteiger partial charge in [0.15, 0.2) is 0 Å². The molecule has 0 bridgehead atoms. The number of anilines is 1. The minimum absolute atomic E-state index is 0.711. The average Bonchev–Trinajstić information content (AvgIpc) is 2.47.